The summed E-state index contributed by atoms with van der Waals surface area (Å²) in [6.45, 7) is 6.38. The third-order valence-electron chi connectivity index (χ3n) is 7.23. The van der Waals surface area contributed by atoms with Crippen LogP contribution in [-0.4, -0.2) is 47.4 Å². The number of non-ortho nitro benzene ring substituents is 1. The Morgan fingerprint density at radius 2 is 1.64 bits per heavy atom. The van der Waals surface area contributed by atoms with Crippen molar-refractivity contribution in [1.82, 2.24) is 15.5 Å². The van der Waals surface area contributed by atoms with Crippen molar-refractivity contribution < 1.29 is 28.7 Å². The number of ether oxygens (including phenoxy) is 3. The largest absolute Gasteiger partial charge is 0.477 e. The Morgan fingerprint density at radius 3 is 2.33 bits per heavy atom. The van der Waals surface area contributed by atoms with Gasteiger partial charge in [-0.05, 0) is 57.9 Å². The van der Waals surface area contributed by atoms with Crippen LogP contribution in [0, 0.1) is 10.1 Å². The van der Waals surface area contributed by atoms with Crippen molar-refractivity contribution in [2.75, 3.05) is 20.3 Å². The van der Waals surface area contributed by atoms with E-state index in [2.05, 4.69) is 22.4 Å². The molecule has 2 heterocycles. The molecule has 0 aliphatic carbocycles. The fraction of sp³-hybridized carbons (Fsp3) is 0.516. The van der Waals surface area contributed by atoms with E-state index in [0.29, 0.717) is 35.9 Å². The molecule has 0 saturated carbocycles. The number of rotatable bonds is 17. The minimum atomic E-state index is -0.873. The fourth-order valence-electron chi connectivity index (χ4n) is 5.06. The molecule has 228 valence electrons. The number of nitro groups is 1. The number of aryl methyl sites for hydroxylation is 1. The van der Waals surface area contributed by atoms with E-state index in [-0.39, 0.29) is 23.4 Å². The first kappa shape index (κ1) is 32.4. The van der Waals surface area contributed by atoms with Gasteiger partial charge in [-0.2, -0.15) is 0 Å². The summed E-state index contributed by atoms with van der Waals surface area (Å²) in [4.78, 5) is 37.0. The average molecular weight is 583 g/mol. The number of aromatic nitrogens is 2. The Labute approximate surface area is 246 Å². The number of hydrogen-bond acceptors (Lipinski definition) is 9. The van der Waals surface area contributed by atoms with Gasteiger partial charge in [0.15, 0.2) is 0 Å². The first-order valence-corrected chi connectivity index (χ1v) is 14.6. The summed E-state index contributed by atoms with van der Waals surface area (Å²) in [5.74, 6) is -1.47. The molecule has 2 N–H and O–H groups in total. The SMILES string of the molecule is CCCCCCc1cc(OCCCCCCOC(=O)C2=C(C)NC(C)=C(C(=O)OC)C2c2cccc([N+](=O)[O-])c2)n[nH]1. The Hall–Kier alpha value is -4.15. The average Bonchev–Trinajstić information content (AvgIpc) is 3.43. The van der Waals surface area contributed by atoms with Crippen LogP contribution in [0.1, 0.15) is 89.3 Å². The zero-order chi connectivity index (χ0) is 30.5. The smallest absolute Gasteiger partial charge is 0.336 e. The second-order valence-corrected chi connectivity index (χ2v) is 10.4. The first-order valence-electron chi connectivity index (χ1n) is 14.6. The molecule has 1 aliphatic rings. The lowest BCUT2D eigenvalue weighted by molar-refractivity contribution is -0.384. The summed E-state index contributed by atoms with van der Waals surface area (Å²) in [6, 6.07) is 7.87. The predicted octanol–water partition coefficient (Wildman–Crippen LogP) is 6.03. The van der Waals surface area contributed by atoms with E-state index in [9.17, 15) is 19.7 Å². The minimum Gasteiger partial charge on any atom is -0.477 e. The van der Waals surface area contributed by atoms with Crippen LogP contribution in [0.5, 0.6) is 5.88 Å². The predicted molar refractivity (Wildman–Crippen MR) is 158 cm³/mol. The van der Waals surface area contributed by atoms with Gasteiger partial charge in [-0.1, -0.05) is 38.3 Å². The molecule has 1 aromatic carbocycles. The maximum atomic E-state index is 13.3. The van der Waals surface area contributed by atoms with Crippen LogP contribution in [0.2, 0.25) is 0 Å². The van der Waals surface area contributed by atoms with E-state index in [1.165, 1.54) is 44.6 Å². The molecule has 1 aliphatic heterocycles. The Morgan fingerprint density at radius 1 is 0.952 bits per heavy atom. The van der Waals surface area contributed by atoms with Gasteiger partial charge in [0, 0.05) is 35.3 Å². The van der Waals surface area contributed by atoms with Crippen LogP contribution in [0.15, 0.2) is 52.9 Å². The van der Waals surface area contributed by atoms with E-state index < -0.39 is 22.8 Å². The highest BCUT2D eigenvalue weighted by atomic mass is 16.6. The van der Waals surface area contributed by atoms with Gasteiger partial charge < -0.3 is 19.5 Å². The van der Waals surface area contributed by atoms with Gasteiger partial charge in [-0.25, -0.2) is 9.59 Å². The van der Waals surface area contributed by atoms with Gasteiger partial charge in [-0.3, -0.25) is 15.2 Å². The lowest BCUT2D eigenvalue weighted by Gasteiger charge is -2.30. The van der Waals surface area contributed by atoms with Crippen LogP contribution in [0.4, 0.5) is 5.69 Å². The maximum Gasteiger partial charge on any atom is 0.336 e. The van der Waals surface area contributed by atoms with Crippen molar-refractivity contribution >= 4 is 17.6 Å². The van der Waals surface area contributed by atoms with Crippen LogP contribution >= 0.6 is 0 Å². The lowest BCUT2D eigenvalue weighted by atomic mass is 9.80. The summed E-state index contributed by atoms with van der Waals surface area (Å²) < 4.78 is 16.4. The number of benzene rings is 1. The van der Waals surface area contributed by atoms with E-state index in [1.54, 1.807) is 19.9 Å². The van der Waals surface area contributed by atoms with Gasteiger partial charge in [0.25, 0.3) is 5.69 Å². The van der Waals surface area contributed by atoms with Crippen molar-refractivity contribution in [3.63, 3.8) is 0 Å². The van der Waals surface area contributed by atoms with Crippen molar-refractivity contribution in [2.24, 2.45) is 0 Å². The Bertz CT molecular complexity index is 1300. The summed E-state index contributed by atoms with van der Waals surface area (Å²) in [5, 5.41) is 21.7. The second kappa shape index (κ2) is 16.3. The third-order valence-corrected chi connectivity index (χ3v) is 7.23. The molecule has 1 unspecified atom stereocenters. The number of dihydropyridines is 1. The highest BCUT2D eigenvalue weighted by Crippen LogP contribution is 2.40. The van der Waals surface area contributed by atoms with Crippen LogP contribution < -0.4 is 10.1 Å². The molecule has 0 fully saturated rings. The number of H-pyrrole nitrogens is 1. The number of unbranched alkanes of at least 4 members (excludes halogenated alkanes) is 6. The highest BCUT2D eigenvalue weighted by molar-refractivity contribution is 5.99. The fourth-order valence-corrected chi connectivity index (χ4v) is 5.06. The van der Waals surface area contributed by atoms with Crippen molar-refractivity contribution in [3.05, 3.63) is 74.2 Å². The molecule has 2 aromatic rings. The quantitative estimate of drug-likeness (QED) is 0.0987. The normalized spacial score (nSPS) is 14.9. The van der Waals surface area contributed by atoms with Gasteiger partial charge >= 0.3 is 11.9 Å². The molecule has 0 amide bonds. The first-order chi connectivity index (χ1) is 20.3. The second-order valence-electron chi connectivity index (χ2n) is 10.4. The monoisotopic (exact) mass is 582 g/mol. The van der Waals surface area contributed by atoms with Gasteiger partial charge in [0.05, 0.1) is 42.3 Å². The topological polar surface area (TPSA) is 146 Å². The Balaban J connectivity index is 1.50. The van der Waals surface area contributed by atoms with Crippen LogP contribution in [0.3, 0.4) is 0 Å². The van der Waals surface area contributed by atoms with E-state index in [0.717, 1.165) is 37.8 Å². The highest BCUT2D eigenvalue weighted by Gasteiger charge is 2.38. The molecule has 1 atom stereocenters. The molecule has 0 radical (unpaired) electrons. The number of nitrogens with one attached hydrogen (secondary N) is 2. The number of methoxy groups -OCH3 is 1. The number of carbonyl (C=O) groups is 2. The summed E-state index contributed by atoms with van der Waals surface area (Å²) in [5.41, 5.74) is 2.83. The van der Waals surface area contributed by atoms with Gasteiger partial charge in [0.1, 0.15) is 0 Å². The number of carbonyl (C=O) groups excluding carboxylic acids is 2. The van der Waals surface area contributed by atoms with Crippen molar-refractivity contribution in [3.8, 4) is 5.88 Å². The standard InChI is InChI=1S/C31H42N4O7/c1-5-6-7-10-15-24-20-26(34-33-24)41-17-11-8-9-12-18-42-31(37)28-22(3)32-21(2)27(30(36)40-4)29(28)23-14-13-16-25(19-23)35(38)39/h13-14,16,19-20,29,32H,5-12,15,17-18H2,1-4H3,(H,33,34). The summed E-state index contributed by atoms with van der Waals surface area (Å²) in [6.07, 6.45) is 9.07. The summed E-state index contributed by atoms with van der Waals surface area (Å²) >= 11 is 0. The number of aromatic amines is 1. The third kappa shape index (κ3) is 8.92. The lowest BCUT2D eigenvalue weighted by Crippen LogP contribution is -2.32. The molecular formula is C31H42N4O7. The van der Waals surface area contributed by atoms with Crippen LogP contribution in [-0.2, 0) is 25.5 Å². The number of allylic oxidation sites excluding steroid dienone is 2. The molecule has 11 nitrogen and oxygen atoms in total. The molecule has 11 heteroatoms. The molecule has 0 saturated heterocycles. The van der Waals surface area contributed by atoms with Crippen LogP contribution in [0.25, 0.3) is 0 Å². The molecule has 3 rings (SSSR count). The van der Waals surface area contributed by atoms with Crippen molar-refractivity contribution in [1.29, 1.82) is 0 Å². The molecule has 1 aromatic heterocycles. The number of nitro benzene ring substituents is 1. The number of hydrogen-bond donors (Lipinski definition) is 2. The molecular weight excluding hydrogens is 540 g/mol. The Kier molecular flexibility index (Phi) is 12.6. The molecule has 42 heavy (non-hydrogen) atoms. The minimum absolute atomic E-state index is 0.141. The van der Waals surface area contributed by atoms with E-state index in [4.69, 9.17) is 14.2 Å². The zero-order valence-corrected chi connectivity index (χ0v) is 25.0. The number of esters is 2. The molecule has 0 bridgehead atoms. The maximum absolute atomic E-state index is 13.3. The van der Waals surface area contributed by atoms with Gasteiger partial charge in [-0.15, -0.1) is 5.10 Å². The van der Waals surface area contributed by atoms with E-state index >= 15 is 0 Å². The van der Waals surface area contributed by atoms with Gasteiger partial charge in [0.2, 0.25) is 5.88 Å². The van der Waals surface area contributed by atoms with Crippen molar-refractivity contribution in [2.45, 2.75) is 84.5 Å². The van der Waals surface area contributed by atoms with E-state index in [1.807, 2.05) is 6.07 Å². The summed E-state index contributed by atoms with van der Waals surface area (Å²) in [7, 11) is 1.25. The number of nitrogens with zero attached hydrogens (tertiary/aromatic N) is 2. The zero-order valence-electron chi connectivity index (χ0n) is 25.0. The molecule has 0 spiro atoms.